The number of nitrogens with zero attached hydrogens (tertiary/aromatic N) is 3. The average molecular weight is 435 g/mol. The van der Waals surface area contributed by atoms with E-state index in [1.165, 1.54) is 6.92 Å². The van der Waals surface area contributed by atoms with Gasteiger partial charge in [0.1, 0.15) is 17.3 Å². The van der Waals surface area contributed by atoms with Crippen LogP contribution in [0.1, 0.15) is 19.4 Å². The number of aryl methyl sites for hydroxylation is 1. The van der Waals surface area contributed by atoms with Crippen molar-refractivity contribution in [2.45, 2.75) is 26.9 Å². The highest BCUT2D eigenvalue weighted by atomic mass is 16.5. The molecule has 0 saturated carbocycles. The second-order valence-corrected chi connectivity index (χ2v) is 7.20. The van der Waals surface area contributed by atoms with Crippen molar-refractivity contribution in [2.24, 2.45) is 0 Å². The van der Waals surface area contributed by atoms with Crippen molar-refractivity contribution < 1.29 is 19.4 Å². The van der Waals surface area contributed by atoms with Gasteiger partial charge in [-0.2, -0.15) is 0 Å². The molecule has 10 heteroatoms. The molecule has 0 aliphatic carbocycles. The van der Waals surface area contributed by atoms with Gasteiger partial charge in [-0.15, -0.1) is 5.10 Å². The van der Waals surface area contributed by atoms with Gasteiger partial charge >= 0.3 is 5.97 Å². The molecule has 1 atom stereocenters. The summed E-state index contributed by atoms with van der Waals surface area (Å²) in [5.41, 5.74) is 3.20. The number of nitrogens with one attached hydrogen (secondary N) is 2. The molecule has 1 unspecified atom stereocenters. The molecule has 4 rings (SSSR count). The number of rotatable bonds is 7. The summed E-state index contributed by atoms with van der Waals surface area (Å²) in [7, 11) is 0. The topological polar surface area (TPSA) is 143 Å². The fourth-order valence-corrected chi connectivity index (χ4v) is 3.30. The number of H-pyrrole nitrogens is 2. The van der Waals surface area contributed by atoms with Crippen LogP contribution in [0.4, 0.5) is 0 Å². The molecule has 0 aliphatic heterocycles. The summed E-state index contributed by atoms with van der Waals surface area (Å²) in [4.78, 5) is 30.5. The Labute approximate surface area is 182 Å². The molecule has 32 heavy (non-hydrogen) atoms. The quantitative estimate of drug-likeness (QED) is 0.402. The summed E-state index contributed by atoms with van der Waals surface area (Å²) in [5.74, 6) is 0.275. The van der Waals surface area contributed by atoms with Crippen LogP contribution in [0.2, 0.25) is 0 Å². The van der Waals surface area contributed by atoms with E-state index in [1.807, 2.05) is 32.0 Å². The molecule has 2 heterocycles. The molecule has 10 nitrogen and oxygen atoms in total. The van der Waals surface area contributed by atoms with Crippen LogP contribution in [0.5, 0.6) is 11.5 Å². The Kier molecular flexibility index (Phi) is 5.59. The third-order valence-corrected chi connectivity index (χ3v) is 4.78. The van der Waals surface area contributed by atoms with Crippen LogP contribution in [-0.4, -0.2) is 49.2 Å². The van der Waals surface area contributed by atoms with E-state index < -0.39 is 17.6 Å². The minimum absolute atomic E-state index is 0.131. The first-order valence-corrected chi connectivity index (χ1v) is 9.95. The third-order valence-electron chi connectivity index (χ3n) is 4.78. The highest BCUT2D eigenvalue weighted by Crippen LogP contribution is 2.34. The Balaban J connectivity index is 1.77. The van der Waals surface area contributed by atoms with Gasteiger partial charge in [-0.1, -0.05) is 17.3 Å². The first-order valence-electron chi connectivity index (χ1n) is 9.95. The van der Waals surface area contributed by atoms with Crippen molar-refractivity contribution in [3.05, 3.63) is 52.3 Å². The maximum atomic E-state index is 12.3. The number of aromatic amines is 2. The van der Waals surface area contributed by atoms with Crippen LogP contribution in [0.25, 0.3) is 33.7 Å². The summed E-state index contributed by atoms with van der Waals surface area (Å²) in [5, 5.41) is 19.1. The van der Waals surface area contributed by atoms with Crippen molar-refractivity contribution in [3.63, 3.8) is 0 Å². The van der Waals surface area contributed by atoms with E-state index in [4.69, 9.17) is 14.6 Å². The fraction of sp³-hybridized carbons (Fsp3) is 0.227. The Morgan fingerprint density at radius 1 is 1.19 bits per heavy atom. The van der Waals surface area contributed by atoms with Gasteiger partial charge in [-0.3, -0.25) is 4.79 Å². The summed E-state index contributed by atoms with van der Waals surface area (Å²) < 4.78 is 11.4. The van der Waals surface area contributed by atoms with Gasteiger partial charge in [0.2, 0.25) is 0 Å². The number of carboxylic acids is 1. The lowest BCUT2D eigenvalue weighted by atomic mass is 10.0. The number of hydrogen-bond donors (Lipinski definition) is 3. The molecular formula is C22H21N5O5. The maximum Gasteiger partial charge on any atom is 0.344 e. The first kappa shape index (κ1) is 21.0. The number of fused-ring (bicyclic) bond motifs is 1. The van der Waals surface area contributed by atoms with Crippen LogP contribution >= 0.6 is 0 Å². The number of aromatic nitrogens is 5. The molecule has 2 aromatic carbocycles. The molecule has 4 aromatic rings. The Bertz CT molecular complexity index is 1360. The zero-order chi connectivity index (χ0) is 22.8. The Morgan fingerprint density at radius 2 is 2.00 bits per heavy atom. The van der Waals surface area contributed by atoms with Crippen LogP contribution in [0, 0.1) is 6.92 Å². The van der Waals surface area contributed by atoms with Crippen LogP contribution in [0.3, 0.4) is 0 Å². The summed E-state index contributed by atoms with van der Waals surface area (Å²) >= 11 is 0. The number of hydrogen-bond acceptors (Lipinski definition) is 7. The Hall–Kier alpha value is -4.21. The lowest BCUT2D eigenvalue weighted by Gasteiger charge is -2.15. The highest BCUT2D eigenvalue weighted by molar-refractivity contribution is 5.77. The van der Waals surface area contributed by atoms with Gasteiger partial charge in [0, 0.05) is 0 Å². The lowest BCUT2D eigenvalue weighted by Crippen LogP contribution is -2.22. The molecule has 0 saturated heterocycles. The van der Waals surface area contributed by atoms with E-state index in [1.54, 1.807) is 18.2 Å². The maximum absolute atomic E-state index is 12.3. The number of benzene rings is 2. The standard InChI is InChI=1S/C22H21N5O5/c1-4-31-17-10-13(14-7-11(2)8-15(9-14)32-12(3)22(29)30)5-6-16(17)19-23-20-18(21(28)24-19)25-27-26-20/h5-10,12H,4H2,1-3H3,(H,29,30)(H2,23,24,25,26,27,28). The SMILES string of the molecule is CCOc1cc(-c2cc(C)cc(OC(C)C(=O)O)c2)ccc1-c1nc2[nH]nnc2c(=O)[nH]1. The van der Waals surface area contributed by atoms with Crippen LogP contribution in [0.15, 0.2) is 41.2 Å². The molecule has 3 N–H and O–H groups in total. The van der Waals surface area contributed by atoms with Gasteiger partial charge in [-0.25, -0.2) is 14.9 Å². The van der Waals surface area contributed by atoms with Gasteiger partial charge in [0.05, 0.1) is 12.2 Å². The first-order chi connectivity index (χ1) is 15.4. The van der Waals surface area contributed by atoms with Crippen molar-refractivity contribution >= 4 is 17.1 Å². The van der Waals surface area contributed by atoms with E-state index in [9.17, 15) is 9.59 Å². The number of carbonyl (C=O) groups is 1. The van der Waals surface area contributed by atoms with Crippen LogP contribution in [-0.2, 0) is 4.79 Å². The molecule has 164 valence electrons. The predicted molar refractivity (Wildman–Crippen MR) is 117 cm³/mol. The number of carboxylic acid groups (broad SMARTS) is 1. The van der Waals surface area contributed by atoms with E-state index in [2.05, 4.69) is 25.4 Å². The molecule has 0 fully saturated rings. The zero-order valence-electron chi connectivity index (χ0n) is 17.7. The normalized spacial score (nSPS) is 12.0. The van der Waals surface area contributed by atoms with Crippen LogP contribution < -0.4 is 15.0 Å². The second-order valence-electron chi connectivity index (χ2n) is 7.20. The second kappa shape index (κ2) is 8.50. The monoisotopic (exact) mass is 435 g/mol. The molecule has 2 aromatic heterocycles. The Morgan fingerprint density at radius 3 is 2.75 bits per heavy atom. The minimum atomic E-state index is -1.04. The highest BCUT2D eigenvalue weighted by Gasteiger charge is 2.16. The summed E-state index contributed by atoms with van der Waals surface area (Å²) in [6.45, 7) is 5.65. The van der Waals surface area contributed by atoms with Gasteiger partial charge in [0.25, 0.3) is 5.56 Å². The molecule has 0 amide bonds. The third kappa shape index (κ3) is 4.15. The van der Waals surface area contributed by atoms with E-state index in [0.717, 1.165) is 16.7 Å². The van der Waals surface area contributed by atoms with Gasteiger partial charge < -0.3 is 19.6 Å². The van der Waals surface area contributed by atoms with Crippen molar-refractivity contribution in [1.82, 2.24) is 25.4 Å². The molecular weight excluding hydrogens is 414 g/mol. The molecule has 0 radical (unpaired) electrons. The van der Waals surface area contributed by atoms with E-state index in [-0.39, 0.29) is 11.2 Å². The fourth-order valence-electron chi connectivity index (χ4n) is 3.30. The number of aliphatic carboxylic acids is 1. The van der Waals surface area contributed by atoms with Crippen molar-refractivity contribution in [1.29, 1.82) is 0 Å². The summed E-state index contributed by atoms with van der Waals surface area (Å²) in [6, 6.07) is 11.0. The van der Waals surface area contributed by atoms with Gasteiger partial charge in [0.15, 0.2) is 17.3 Å². The van der Waals surface area contributed by atoms with E-state index >= 15 is 0 Å². The lowest BCUT2D eigenvalue weighted by molar-refractivity contribution is -0.144. The largest absolute Gasteiger partial charge is 0.493 e. The smallest absolute Gasteiger partial charge is 0.344 e. The summed E-state index contributed by atoms with van der Waals surface area (Å²) in [6.07, 6.45) is -0.971. The predicted octanol–water partition coefficient (Wildman–Crippen LogP) is 2.93. The minimum Gasteiger partial charge on any atom is -0.493 e. The molecule has 0 spiro atoms. The van der Waals surface area contributed by atoms with Gasteiger partial charge in [-0.05, 0) is 61.7 Å². The molecule has 0 aliphatic rings. The van der Waals surface area contributed by atoms with Crippen molar-refractivity contribution in [3.8, 4) is 34.0 Å². The van der Waals surface area contributed by atoms with Crippen molar-refractivity contribution in [2.75, 3.05) is 6.61 Å². The molecule has 0 bridgehead atoms. The average Bonchev–Trinajstić information content (AvgIpc) is 3.23. The van der Waals surface area contributed by atoms with E-state index in [0.29, 0.717) is 29.5 Å². The number of ether oxygens (including phenoxy) is 2. The zero-order valence-corrected chi connectivity index (χ0v) is 17.7.